The van der Waals surface area contributed by atoms with Crippen LogP contribution in [0.5, 0.6) is 0 Å². The normalized spacial score (nSPS) is 14.3. The van der Waals surface area contributed by atoms with Crippen LogP contribution >= 0.6 is 11.3 Å². The Balaban J connectivity index is 0.901. The number of pyridine rings is 2. The van der Waals surface area contributed by atoms with E-state index in [9.17, 15) is 0 Å². The molecule has 2 spiro atoms. The highest BCUT2D eigenvalue weighted by Gasteiger charge is 2.54. The van der Waals surface area contributed by atoms with Gasteiger partial charge in [-0.25, -0.2) is 0 Å². The van der Waals surface area contributed by atoms with E-state index < -0.39 is 10.8 Å². The van der Waals surface area contributed by atoms with Crippen molar-refractivity contribution in [3.05, 3.63) is 313 Å². The van der Waals surface area contributed by atoms with Gasteiger partial charge < -0.3 is 4.90 Å². The molecular formula is C95H91N3S. The first-order valence-electron chi connectivity index (χ1n) is 36.1. The predicted molar refractivity (Wildman–Crippen MR) is 421 cm³/mol. The number of rotatable bonds is 12. The van der Waals surface area contributed by atoms with Gasteiger partial charge in [-0.2, -0.15) is 0 Å². The van der Waals surface area contributed by atoms with Crippen LogP contribution in [0.4, 0.5) is 17.1 Å². The number of hydrogen-bond acceptors (Lipinski definition) is 4. The molecular weight excluding hydrogens is 1220 g/mol. The predicted octanol–water partition coefficient (Wildman–Crippen LogP) is 25.8. The second kappa shape index (κ2) is 23.6. The van der Waals surface area contributed by atoms with Crippen molar-refractivity contribution in [3.63, 3.8) is 0 Å². The molecule has 0 bridgehead atoms. The van der Waals surface area contributed by atoms with Gasteiger partial charge in [-0.05, 0) is 248 Å². The van der Waals surface area contributed by atoms with Crippen LogP contribution < -0.4 is 4.90 Å². The van der Waals surface area contributed by atoms with E-state index in [2.05, 4.69) is 325 Å². The standard InChI is InChI=1S/C95H91N3S/c1-15-16-17-18-23-62-52-70(39-28-60-47-49-97-88(51-60)87-50-59(2)46-48-96-87)99-89(62)61-29-35-67(36-30-61)98(68-38-45-81-78(57-68)72-25-20-22-27-80(72)94(81)82-53-63(90(3,4)5)31-40-73(82)74-41-32-64(54-83(74)94)91(6,7)8)69-37-44-77-71-24-19-21-26-79(71)95(86(77)58-69)84-55-65(92(9,10)11)33-42-75(84)76-43-34-66(56-85(76)95)93(12,13)14/h19-22,24-58H,15-18,23H2,1-14H3/b39-28+. The van der Waals surface area contributed by atoms with Crippen LogP contribution in [-0.4, -0.2) is 9.97 Å². The Morgan fingerprint density at radius 2 is 0.808 bits per heavy atom. The van der Waals surface area contributed by atoms with Crippen LogP contribution in [0.25, 0.3) is 78.5 Å². The lowest BCUT2D eigenvalue weighted by molar-refractivity contribution is 0.586. The summed E-state index contributed by atoms with van der Waals surface area (Å²) in [4.78, 5) is 14.5. The number of nitrogens with zero attached hydrogens (tertiary/aromatic N) is 3. The van der Waals surface area contributed by atoms with Crippen LogP contribution in [0.15, 0.2) is 225 Å². The zero-order chi connectivity index (χ0) is 68.7. The average molecular weight is 1310 g/mol. The Kier molecular flexibility index (Phi) is 15.3. The van der Waals surface area contributed by atoms with E-state index in [4.69, 9.17) is 4.98 Å². The van der Waals surface area contributed by atoms with E-state index >= 15 is 0 Å². The van der Waals surface area contributed by atoms with E-state index in [-0.39, 0.29) is 21.7 Å². The fourth-order valence-corrected chi connectivity index (χ4v) is 18.1. The van der Waals surface area contributed by atoms with Crippen molar-refractivity contribution in [2.75, 3.05) is 4.90 Å². The van der Waals surface area contributed by atoms with Crippen LogP contribution in [-0.2, 0) is 38.9 Å². The number of unbranched alkanes of at least 4 members (excludes halogenated alkanes) is 3. The van der Waals surface area contributed by atoms with Gasteiger partial charge in [0, 0.05) is 39.2 Å². The molecule has 0 radical (unpaired) electrons. The van der Waals surface area contributed by atoms with Gasteiger partial charge in [0.25, 0.3) is 0 Å². The molecule has 3 aromatic heterocycles. The number of benzene rings is 9. The fraction of sp³-hybridized carbons (Fsp3) is 0.263. The summed E-state index contributed by atoms with van der Waals surface area (Å²) >= 11 is 1.90. The summed E-state index contributed by atoms with van der Waals surface area (Å²) in [5, 5.41) is 0. The molecule has 0 atom stereocenters. The monoisotopic (exact) mass is 1310 g/mol. The van der Waals surface area contributed by atoms with Gasteiger partial charge in [-0.15, -0.1) is 11.3 Å². The van der Waals surface area contributed by atoms with E-state index in [1.807, 2.05) is 29.8 Å². The third-order valence-electron chi connectivity index (χ3n) is 22.2. The summed E-state index contributed by atoms with van der Waals surface area (Å²) in [6.45, 7) is 32.7. The number of thiophene rings is 1. The van der Waals surface area contributed by atoms with Crippen molar-refractivity contribution < 1.29 is 0 Å². The van der Waals surface area contributed by atoms with Gasteiger partial charge in [0.2, 0.25) is 0 Å². The lowest BCUT2D eigenvalue weighted by Gasteiger charge is -2.34. The number of aryl methyl sites for hydroxylation is 2. The quantitative estimate of drug-likeness (QED) is 0.114. The molecule has 0 amide bonds. The second-order valence-electron chi connectivity index (χ2n) is 32.8. The molecule has 0 saturated carbocycles. The first kappa shape index (κ1) is 64.2. The van der Waals surface area contributed by atoms with Gasteiger partial charge in [0.1, 0.15) is 0 Å². The van der Waals surface area contributed by atoms with Gasteiger partial charge >= 0.3 is 0 Å². The molecule has 492 valence electrons. The second-order valence-corrected chi connectivity index (χ2v) is 33.9. The SMILES string of the molecule is CCCCCCc1cc(/C=C/c2ccnc(-c3cc(C)ccn3)c2)sc1-c1ccc(N(c2ccc3c(c2)-c2ccccc2C32c3cc(C(C)(C)C)ccc3-c3ccc(C(C)(C)C)cc32)c2ccc3c(c2)C2(c4ccccc4-3)c3cc(C(C)(C)C)ccc3-c3ccc(C(C)(C)C)cc32)cc1. The van der Waals surface area contributed by atoms with Gasteiger partial charge in [0.05, 0.1) is 22.2 Å². The van der Waals surface area contributed by atoms with Crippen molar-refractivity contribution in [2.45, 2.75) is 162 Å². The first-order valence-corrected chi connectivity index (χ1v) is 37.0. The maximum atomic E-state index is 4.72. The smallest absolute Gasteiger partial charge is 0.0892 e. The molecule has 4 heteroatoms. The highest BCUT2D eigenvalue weighted by molar-refractivity contribution is 7.16. The molecule has 12 aromatic rings. The summed E-state index contributed by atoms with van der Waals surface area (Å²) in [6, 6.07) is 83.7. The van der Waals surface area contributed by atoms with Crippen LogP contribution in [0.1, 0.15) is 204 Å². The van der Waals surface area contributed by atoms with Crippen LogP contribution in [0.2, 0.25) is 0 Å². The first-order chi connectivity index (χ1) is 47.4. The topological polar surface area (TPSA) is 29.0 Å². The molecule has 0 fully saturated rings. The Hall–Kier alpha value is -9.48. The Morgan fingerprint density at radius 3 is 1.33 bits per heavy atom. The zero-order valence-corrected chi connectivity index (χ0v) is 61.1. The number of aromatic nitrogens is 2. The van der Waals surface area contributed by atoms with Crippen molar-refractivity contribution in [3.8, 4) is 66.3 Å². The Bertz CT molecular complexity index is 5120. The molecule has 4 aliphatic rings. The number of fused-ring (bicyclic) bond motifs is 20. The summed E-state index contributed by atoms with van der Waals surface area (Å²) in [6.07, 6.45) is 14.2. The largest absolute Gasteiger partial charge is 0.310 e. The lowest BCUT2D eigenvalue weighted by Crippen LogP contribution is -2.28. The van der Waals surface area contributed by atoms with E-state index in [1.54, 1.807) is 0 Å². The molecule has 3 nitrogen and oxygen atoms in total. The minimum absolute atomic E-state index is 0.0461. The molecule has 0 aliphatic heterocycles. The summed E-state index contributed by atoms with van der Waals surface area (Å²) in [5.41, 5.74) is 35.5. The lowest BCUT2D eigenvalue weighted by atomic mass is 9.68. The third kappa shape index (κ3) is 10.5. The molecule has 9 aromatic carbocycles. The molecule has 0 unspecified atom stereocenters. The van der Waals surface area contributed by atoms with Crippen molar-refractivity contribution in [1.29, 1.82) is 0 Å². The molecule has 0 N–H and O–H groups in total. The Morgan fingerprint density at radius 1 is 0.374 bits per heavy atom. The highest BCUT2D eigenvalue weighted by Crippen LogP contribution is 2.67. The number of anilines is 3. The minimum Gasteiger partial charge on any atom is -0.310 e. The summed E-state index contributed by atoms with van der Waals surface area (Å²) in [7, 11) is 0. The van der Waals surface area contributed by atoms with E-state index in [0.29, 0.717) is 0 Å². The summed E-state index contributed by atoms with van der Waals surface area (Å²) < 4.78 is 0. The van der Waals surface area contributed by atoms with Gasteiger partial charge in [-0.3, -0.25) is 9.97 Å². The van der Waals surface area contributed by atoms with Crippen molar-refractivity contribution in [1.82, 2.24) is 9.97 Å². The van der Waals surface area contributed by atoms with Crippen molar-refractivity contribution in [2.24, 2.45) is 0 Å². The fourth-order valence-electron chi connectivity index (χ4n) is 17.0. The van der Waals surface area contributed by atoms with Gasteiger partial charge in [-0.1, -0.05) is 261 Å². The van der Waals surface area contributed by atoms with E-state index in [1.165, 1.54) is 157 Å². The number of hydrogen-bond donors (Lipinski definition) is 0. The molecule has 4 aliphatic carbocycles. The van der Waals surface area contributed by atoms with E-state index in [0.717, 1.165) is 46.9 Å². The third-order valence-corrected chi connectivity index (χ3v) is 23.4. The Labute approximate surface area is 592 Å². The maximum absolute atomic E-state index is 4.72. The molecule has 0 saturated heterocycles. The van der Waals surface area contributed by atoms with Crippen molar-refractivity contribution >= 4 is 40.6 Å². The minimum atomic E-state index is -0.578. The molecule has 16 rings (SSSR count). The average Bonchev–Trinajstić information content (AvgIpc) is 1.51. The molecule has 3 heterocycles. The van der Waals surface area contributed by atoms with Gasteiger partial charge in [0.15, 0.2) is 0 Å². The maximum Gasteiger partial charge on any atom is 0.0892 e. The highest BCUT2D eigenvalue weighted by atomic mass is 32.1. The zero-order valence-electron chi connectivity index (χ0n) is 60.3. The summed E-state index contributed by atoms with van der Waals surface area (Å²) in [5.74, 6) is 0. The van der Waals surface area contributed by atoms with Crippen LogP contribution in [0, 0.1) is 6.92 Å². The van der Waals surface area contributed by atoms with Crippen LogP contribution in [0.3, 0.4) is 0 Å². The molecule has 99 heavy (non-hydrogen) atoms.